The largest absolute Gasteiger partial charge is 0.457 e. The molecule has 0 aromatic heterocycles. The van der Waals surface area contributed by atoms with E-state index in [4.69, 9.17) is 23.7 Å². The molecule has 0 aromatic rings. The molecular formula is C22H39NO8. The second kappa shape index (κ2) is 12.9. The van der Waals surface area contributed by atoms with Gasteiger partial charge in [0.25, 0.3) is 0 Å². The summed E-state index contributed by atoms with van der Waals surface area (Å²) in [5, 5.41) is 2.49. The van der Waals surface area contributed by atoms with Gasteiger partial charge < -0.3 is 29.0 Å². The van der Waals surface area contributed by atoms with E-state index in [9.17, 15) is 14.4 Å². The molecule has 31 heavy (non-hydrogen) atoms. The molecule has 9 heteroatoms. The summed E-state index contributed by atoms with van der Waals surface area (Å²) in [6, 6.07) is -1.05. The van der Waals surface area contributed by atoms with E-state index in [0.29, 0.717) is 13.0 Å². The van der Waals surface area contributed by atoms with E-state index in [0.717, 1.165) is 12.8 Å². The maximum atomic E-state index is 12.7. The van der Waals surface area contributed by atoms with Crippen molar-refractivity contribution in [2.24, 2.45) is 5.92 Å². The van der Waals surface area contributed by atoms with Crippen LogP contribution in [0.5, 0.6) is 0 Å². The molecule has 9 nitrogen and oxygen atoms in total. The number of rotatable bonds is 7. The number of ether oxygens (including phenoxy) is 5. The minimum atomic E-state index is -1.05. The standard InChI is InChI=1S/C22H39NO8/c1-8-9-11-28-17-10-12-27-13-16(23-21(26)31-22(5,6)7)20(25)29-15(4)18(17)30-19(24)14(2)3/h14-18H,8-13H2,1-7H3,(H,23,26)/t15-,16-,17-,18-/m0/s1. The Hall–Kier alpha value is -1.87. The van der Waals surface area contributed by atoms with Crippen LogP contribution in [0.25, 0.3) is 0 Å². The Morgan fingerprint density at radius 1 is 1.26 bits per heavy atom. The maximum Gasteiger partial charge on any atom is 0.408 e. The number of alkyl carbamates (subject to hydrolysis) is 1. The highest BCUT2D eigenvalue weighted by Crippen LogP contribution is 2.20. The number of amides is 1. The van der Waals surface area contributed by atoms with E-state index in [1.807, 2.05) is 0 Å². The molecule has 1 rings (SSSR count). The first-order valence-corrected chi connectivity index (χ1v) is 11.0. The van der Waals surface area contributed by atoms with E-state index in [1.165, 1.54) is 0 Å². The SMILES string of the molecule is CCCCO[C@H]1CCOC[C@H](NC(=O)OC(C)(C)C)C(=O)O[C@@H](C)[C@@H]1OC(=O)C(C)C. The topological polar surface area (TPSA) is 109 Å². The zero-order valence-electron chi connectivity index (χ0n) is 19.9. The van der Waals surface area contributed by atoms with Crippen molar-refractivity contribution in [3.8, 4) is 0 Å². The second-order valence-electron chi connectivity index (χ2n) is 9.02. The fourth-order valence-electron chi connectivity index (χ4n) is 2.82. The molecular weight excluding hydrogens is 406 g/mol. The van der Waals surface area contributed by atoms with Gasteiger partial charge in [-0.2, -0.15) is 0 Å². The van der Waals surface area contributed by atoms with E-state index in [2.05, 4.69) is 12.2 Å². The average Bonchev–Trinajstić information content (AvgIpc) is 2.64. The van der Waals surface area contributed by atoms with Crippen LogP contribution in [0.4, 0.5) is 4.79 Å². The Morgan fingerprint density at radius 2 is 1.94 bits per heavy atom. The Morgan fingerprint density at radius 3 is 2.52 bits per heavy atom. The third kappa shape index (κ3) is 10.3. The summed E-state index contributed by atoms with van der Waals surface area (Å²) in [5.41, 5.74) is -0.711. The fraction of sp³-hybridized carbons (Fsp3) is 0.864. The summed E-state index contributed by atoms with van der Waals surface area (Å²) < 4.78 is 28.0. The molecule has 180 valence electrons. The highest BCUT2D eigenvalue weighted by molar-refractivity contribution is 5.81. The first-order chi connectivity index (χ1) is 14.4. The average molecular weight is 446 g/mol. The van der Waals surface area contributed by atoms with Gasteiger partial charge in [0.05, 0.1) is 12.5 Å². The molecule has 0 unspecified atom stereocenters. The Balaban J connectivity index is 2.95. The van der Waals surface area contributed by atoms with Gasteiger partial charge in [0.1, 0.15) is 17.8 Å². The molecule has 1 N–H and O–H groups in total. The van der Waals surface area contributed by atoms with E-state index in [-0.39, 0.29) is 19.1 Å². The Kier molecular flexibility index (Phi) is 11.3. The monoisotopic (exact) mass is 445 g/mol. The number of cyclic esters (lactones) is 1. The lowest BCUT2D eigenvalue weighted by atomic mass is 10.0. The third-order valence-corrected chi connectivity index (χ3v) is 4.49. The fourth-order valence-corrected chi connectivity index (χ4v) is 2.82. The van der Waals surface area contributed by atoms with Crippen LogP contribution >= 0.6 is 0 Å². The van der Waals surface area contributed by atoms with Crippen LogP contribution in [0.15, 0.2) is 0 Å². The minimum Gasteiger partial charge on any atom is -0.457 e. The molecule has 1 aliphatic heterocycles. The smallest absolute Gasteiger partial charge is 0.408 e. The summed E-state index contributed by atoms with van der Waals surface area (Å²) in [6.07, 6.45) is -0.525. The first kappa shape index (κ1) is 27.2. The lowest BCUT2D eigenvalue weighted by Gasteiger charge is -2.33. The number of hydrogen-bond donors (Lipinski definition) is 1. The van der Waals surface area contributed by atoms with Crippen LogP contribution in [0, 0.1) is 5.92 Å². The number of unbranched alkanes of at least 4 members (excludes halogenated alkanes) is 1. The molecule has 1 aliphatic rings. The highest BCUT2D eigenvalue weighted by atomic mass is 16.6. The maximum absolute atomic E-state index is 12.7. The quantitative estimate of drug-likeness (QED) is 0.362. The van der Waals surface area contributed by atoms with Crippen molar-refractivity contribution in [3.05, 3.63) is 0 Å². The summed E-state index contributed by atoms with van der Waals surface area (Å²) in [5.74, 6) is -1.44. The van der Waals surface area contributed by atoms with Gasteiger partial charge in [-0.1, -0.05) is 27.2 Å². The van der Waals surface area contributed by atoms with Gasteiger partial charge in [-0.25, -0.2) is 9.59 Å². The molecule has 0 radical (unpaired) electrons. The van der Waals surface area contributed by atoms with E-state index in [1.54, 1.807) is 41.5 Å². The van der Waals surface area contributed by atoms with Crippen molar-refractivity contribution < 1.29 is 38.1 Å². The predicted octanol–water partition coefficient (Wildman–Crippen LogP) is 2.98. The van der Waals surface area contributed by atoms with Crippen LogP contribution in [0.2, 0.25) is 0 Å². The zero-order chi connectivity index (χ0) is 23.6. The molecule has 0 spiro atoms. The summed E-state index contributed by atoms with van der Waals surface area (Å²) in [7, 11) is 0. The van der Waals surface area contributed by atoms with Crippen LogP contribution in [-0.2, 0) is 33.3 Å². The van der Waals surface area contributed by atoms with E-state index >= 15 is 0 Å². The van der Waals surface area contributed by atoms with Crippen molar-refractivity contribution in [2.75, 3.05) is 19.8 Å². The number of nitrogens with one attached hydrogen (secondary N) is 1. The molecule has 0 bridgehead atoms. The van der Waals surface area contributed by atoms with E-state index < -0.39 is 48.0 Å². The molecule has 1 heterocycles. The van der Waals surface area contributed by atoms with Crippen molar-refractivity contribution in [1.29, 1.82) is 0 Å². The molecule has 0 saturated carbocycles. The molecule has 0 aliphatic carbocycles. The van der Waals surface area contributed by atoms with Crippen molar-refractivity contribution in [3.63, 3.8) is 0 Å². The van der Waals surface area contributed by atoms with Gasteiger partial charge in [0, 0.05) is 19.6 Å². The van der Waals surface area contributed by atoms with Crippen LogP contribution < -0.4 is 5.32 Å². The van der Waals surface area contributed by atoms with Crippen molar-refractivity contribution >= 4 is 18.0 Å². The Labute approximate surface area is 185 Å². The van der Waals surface area contributed by atoms with Gasteiger partial charge in [0.15, 0.2) is 12.1 Å². The Bertz CT molecular complexity index is 587. The van der Waals surface area contributed by atoms with Gasteiger partial charge >= 0.3 is 18.0 Å². The zero-order valence-corrected chi connectivity index (χ0v) is 19.9. The highest BCUT2D eigenvalue weighted by Gasteiger charge is 2.37. The molecule has 4 atom stereocenters. The van der Waals surface area contributed by atoms with Crippen LogP contribution in [0.1, 0.15) is 67.7 Å². The second-order valence-corrected chi connectivity index (χ2v) is 9.02. The minimum absolute atomic E-state index is 0.0665. The number of hydrogen-bond acceptors (Lipinski definition) is 8. The third-order valence-electron chi connectivity index (χ3n) is 4.49. The number of carbonyl (C=O) groups is 3. The van der Waals surface area contributed by atoms with Crippen LogP contribution in [0.3, 0.4) is 0 Å². The lowest BCUT2D eigenvalue weighted by molar-refractivity contribution is -0.187. The van der Waals surface area contributed by atoms with Gasteiger partial charge in [-0.05, 0) is 34.1 Å². The first-order valence-electron chi connectivity index (χ1n) is 11.0. The summed E-state index contributed by atoms with van der Waals surface area (Å²) in [4.78, 5) is 37.1. The van der Waals surface area contributed by atoms with Crippen molar-refractivity contribution in [2.45, 2.75) is 97.7 Å². The predicted molar refractivity (Wildman–Crippen MR) is 114 cm³/mol. The number of esters is 2. The van der Waals surface area contributed by atoms with Gasteiger partial charge in [0.2, 0.25) is 0 Å². The van der Waals surface area contributed by atoms with Crippen LogP contribution in [-0.4, -0.2) is 67.8 Å². The molecule has 1 saturated heterocycles. The van der Waals surface area contributed by atoms with Gasteiger partial charge in [-0.3, -0.25) is 4.79 Å². The number of carbonyl (C=O) groups excluding carboxylic acids is 3. The van der Waals surface area contributed by atoms with Crippen molar-refractivity contribution in [1.82, 2.24) is 5.32 Å². The van der Waals surface area contributed by atoms with Gasteiger partial charge in [-0.15, -0.1) is 0 Å². The summed E-state index contributed by atoms with van der Waals surface area (Å²) >= 11 is 0. The lowest BCUT2D eigenvalue weighted by Crippen LogP contribution is -2.51. The molecule has 1 amide bonds. The molecule has 0 aromatic carbocycles. The summed E-state index contributed by atoms with van der Waals surface area (Å²) in [6.45, 7) is 13.0. The normalized spacial score (nSPS) is 25.5. The molecule has 1 fully saturated rings.